The molecule has 1 saturated heterocycles. The third-order valence-corrected chi connectivity index (χ3v) is 4.88. The van der Waals surface area contributed by atoms with Crippen molar-refractivity contribution in [2.45, 2.75) is 71.9 Å². The molecule has 0 spiro atoms. The van der Waals surface area contributed by atoms with E-state index in [4.69, 9.17) is 0 Å². The SMILES string of the molecule is CCC(C#N)(CCCN1CCC(C)C(C)C1)NC(C)C. The Hall–Kier alpha value is -0.590. The number of rotatable bonds is 7. The van der Waals surface area contributed by atoms with Crippen LogP contribution < -0.4 is 5.32 Å². The minimum Gasteiger partial charge on any atom is -0.303 e. The van der Waals surface area contributed by atoms with Gasteiger partial charge in [0.2, 0.25) is 0 Å². The van der Waals surface area contributed by atoms with Crippen molar-refractivity contribution in [2.75, 3.05) is 19.6 Å². The fourth-order valence-electron chi connectivity index (χ4n) is 3.23. The van der Waals surface area contributed by atoms with Gasteiger partial charge >= 0.3 is 0 Å². The maximum Gasteiger partial charge on any atom is 0.106 e. The minimum absolute atomic E-state index is 0.330. The molecule has 3 atom stereocenters. The summed E-state index contributed by atoms with van der Waals surface area (Å²) in [5.41, 5.74) is -0.330. The molecule has 1 heterocycles. The van der Waals surface area contributed by atoms with E-state index in [1.54, 1.807) is 0 Å². The van der Waals surface area contributed by atoms with Gasteiger partial charge in [-0.05, 0) is 64.5 Å². The second-order valence-electron chi connectivity index (χ2n) is 6.99. The second-order valence-corrected chi connectivity index (χ2v) is 6.99. The highest BCUT2D eigenvalue weighted by atomic mass is 15.1. The molecule has 1 fully saturated rings. The van der Waals surface area contributed by atoms with Crippen LogP contribution in [0.4, 0.5) is 0 Å². The van der Waals surface area contributed by atoms with Crippen molar-refractivity contribution >= 4 is 0 Å². The van der Waals surface area contributed by atoms with Gasteiger partial charge in [-0.1, -0.05) is 20.8 Å². The largest absolute Gasteiger partial charge is 0.303 e. The summed E-state index contributed by atoms with van der Waals surface area (Å²) in [4.78, 5) is 2.58. The first-order chi connectivity index (χ1) is 9.42. The monoisotopic (exact) mass is 279 g/mol. The quantitative estimate of drug-likeness (QED) is 0.776. The molecule has 0 aromatic heterocycles. The number of hydrogen-bond acceptors (Lipinski definition) is 3. The Kier molecular flexibility index (Phi) is 6.99. The molecule has 0 amide bonds. The van der Waals surface area contributed by atoms with Gasteiger partial charge in [-0.3, -0.25) is 5.32 Å². The van der Waals surface area contributed by atoms with Gasteiger partial charge in [0, 0.05) is 12.6 Å². The summed E-state index contributed by atoms with van der Waals surface area (Å²) in [6, 6.07) is 2.89. The Balaban J connectivity index is 2.39. The van der Waals surface area contributed by atoms with Crippen molar-refractivity contribution in [2.24, 2.45) is 11.8 Å². The number of piperidine rings is 1. The van der Waals surface area contributed by atoms with Crippen LogP contribution in [-0.4, -0.2) is 36.1 Å². The summed E-state index contributed by atoms with van der Waals surface area (Å²) < 4.78 is 0. The zero-order chi connectivity index (χ0) is 15.2. The van der Waals surface area contributed by atoms with Gasteiger partial charge in [-0.2, -0.15) is 5.26 Å². The Morgan fingerprint density at radius 3 is 2.55 bits per heavy atom. The molecule has 116 valence electrons. The highest BCUT2D eigenvalue weighted by molar-refractivity contribution is 5.06. The lowest BCUT2D eigenvalue weighted by atomic mass is 9.88. The van der Waals surface area contributed by atoms with Crippen molar-refractivity contribution in [1.29, 1.82) is 5.26 Å². The van der Waals surface area contributed by atoms with E-state index in [-0.39, 0.29) is 5.54 Å². The zero-order valence-electron chi connectivity index (χ0n) is 14.1. The molecule has 0 bridgehead atoms. The number of nitrogens with zero attached hydrogens (tertiary/aromatic N) is 2. The lowest BCUT2D eigenvalue weighted by molar-refractivity contribution is 0.133. The number of nitrogens with one attached hydrogen (secondary N) is 1. The van der Waals surface area contributed by atoms with Crippen LogP contribution in [0.15, 0.2) is 0 Å². The molecule has 1 rings (SSSR count). The molecule has 0 aromatic rings. The summed E-state index contributed by atoms with van der Waals surface area (Å²) in [5, 5.41) is 13.0. The van der Waals surface area contributed by atoms with Crippen LogP contribution >= 0.6 is 0 Å². The van der Waals surface area contributed by atoms with Gasteiger partial charge in [0.1, 0.15) is 5.54 Å². The van der Waals surface area contributed by atoms with E-state index in [2.05, 4.69) is 50.9 Å². The van der Waals surface area contributed by atoms with Crippen molar-refractivity contribution in [3.05, 3.63) is 0 Å². The molecule has 3 unspecified atom stereocenters. The molecule has 0 aromatic carbocycles. The van der Waals surface area contributed by atoms with E-state index in [1.165, 1.54) is 19.5 Å². The van der Waals surface area contributed by atoms with Crippen molar-refractivity contribution in [3.63, 3.8) is 0 Å². The van der Waals surface area contributed by atoms with E-state index in [0.717, 1.165) is 37.6 Å². The van der Waals surface area contributed by atoms with Crippen LogP contribution in [0.5, 0.6) is 0 Å². The second kappa shape index (κ2) is 8.00. The average Bonchev–Trinajstić information content (AvgIpc) is 2.41. The van der Waals surface area contributed by atoms with E-state index in [9.17, 15) is 5.26 Å². The van der Waals surface area contributed by atoms with Crippen LogP contribution in [0, 0.1) is 23.2 Å². The fraction of sp³-hybridized carbons (Fsp3) is 0.941. The van der Waals surface area contributed by atoms with Crippen LogP contribution in [0.2, 0.25) is 0 Å². The molecule has 0 radical (unpaired) electrons. The van der Waals surface area contributed by atoms with Crippen LogP contribution in [0.1, 0.15) is 60.3 Å². The summed E-state index contributed by atoms with van der Waals surface area (Å²) in [5.74, 6) is 1.67. The van der Waals surface area contributed by atoms with E-state index in [0.29, 0.717) is 6.04 Å². The normalized spacial score (nSPS) is 27.2. The van der Waals surface area contributed by atoms with Crippen LogP contribution in [0.25, 0.3) is 0 Å². The molecular formula is C17H33N3. The Bertz CT molecular complexity index is 321. The summed E-state index contributed by atoms with van der Waals surface area (Å²) >= 11 is 0. The van der Waals surface area contributed by atoms with Crippen molar-refractivity contribution < 1.29 is 0 Å². The summed E-state index contributed by atoms with van der Waals surface area (Å²) in [6.07, 6.45) is 4.28. The lowest BCUT2D eigenvalue weighted by Crippen LogP contribution is -2.47. The first kappa shape index (κ1) is 17.5. The van der Waals surface area contributed by atoms with Gasteiger partial charge in [-0.25, -0.2) is 0 Å². The minimum atomic E-state index is -0.330. The highest BCUT2D eigenvalue weighted by Crippen LogP contribution is 2.24. The molecular weight excluding hydrogens is 246 g/mol. The maximum absolute atomic E-state index is 9.51. The Morgan fingerprint density at radius 1 is 1.35 bits per heavy atom. The topological polar surface area (TPSA) is 39.1 Å². The third-order valence-electron chi connectivity index (χ3n) is 4.88. The van der Waals surface area contributed by atoms with Crippen LogP contribution in [-0.2, 0) is 0 Å². The average molecular weight is 279 g/mol. The fourth-order valence-corrected chi connectivity index (χ4v) is 3.23. The first-order valence-corrected chi connectivity index (χ1v) is 8.33. The Morgan fingerprint density at radius 2 is 2.05 bits per heavy atom. The summed E-state index contributed by atoms with van der Waals surface area (Å²) in [6.45, 7) is 14.7. The first-order valence-electron chi connectivity index (χ1n) is 8.33. The molecule has 3 heteroatoms. The molecule has 3 nitrogen and oxygen atoms in total. The molecule has 20 heavy (non-hydrogen) atoms. The van der Waals surface area contributed by atoms with Gasteiger partial charge in [0.15, 0.2) is 0 Å². The smallest absolute Gasteiger partial charge is 0.106 e. The molecule has 1 aliphatic rings. The lowest BCUT2D eigenvalue weighted by Gasteiger charge is -2.36. The van der Waals surface area contributed by atoms with E-state index < -0.39 is 0 Å². The van der Waals surface area contributed by atoms with Crippen molar-refractivity contribution in [1.82, 2.24) is 10.2 Å². The number of hydrogen-bond donors (Lipinski definition) is 1. The number of nitriles is 1. The van der Waals surface area contributed by atoms with Gasteiger partial charge in [-0.15, -0.1) is 0 Å². The van der Waals surface area contributed by atoms with Gasteiger partial charge < -0.3 is 4.90 Å². The standard InChI is InChI=1S/C17H33N3/c1-6-17(13-18,19-14(2)3)9-7-10-20-11-8-15(4)16(5)12-20/h14-16,19H,6-12H2,1-5H3. The van der Waals surface area contributed by atoms with E-state index >= 15 is 0 Å². The molecule has 0 aliphatic carbocycles. The Labute approximate surface area is 125 Å². The molecule has 1 aliphatic heterocycles. The molecule has 1 N–H and O–H groups in total. The van der Waals surface area contributed by atoms with Gasteiger partial charge in [0.25, 0.3) is 0 Å². The summed E-state index contributed by atoms with van der Waals surface area (Å²) in [7, 11) is 0. The van der Waals surface area contributed by atoms with Crippen molar-refractivity contribution in [3.8, 4) is 6.07 Å². The third kappa shape index (κ3) is 5.07. The molecule has 0 saturated carbocycles. The van der Waals surface area contributed by atoms with Crippen LogP contribution in [0.3, 0.4) is 0 Å². The van der Waals surface area contributed by atoms with E-state index in [1.807, 2.05) is 0 Å². The number of likely N-dealkylation sites (tertiary alicyclic amines) is 1. The zero-order valence-corrected chi connectivity index (χ0v) is 14.1. The maximum atomic E-state index is 9.51. The predicted octanol–water partition coefficient (Wildman–Crippen LogP) is 3.41. The van der Waals surface area contributed by atoms with Gasteiger partial charge in [0.05, 0.1) is 6.07 Å². The highest BCUT2D eigenvalue weighted by Gasteiger charge is 2.29. The predicted molar refractivity (Wildman–Crippen MR) is 85.5 cm³/mol.